The first-order valence-electron chi connectivity index (χ1n) is 6.56. The number of nitrogens with two attached hydrogens (primary N) is 1. The van der Waals surface area contributed by atoms with Gasteiger partial charge in [0.1, 0.15) is 0 Å². The summed E-state index contributed by atoms with van der Waals surface area (Å²) in [6.45, 7) is 6.59. The molecule has 0 amide bonds. The summed E-state index contributed by atoms with van der Waals surface area (Å²) in [7, 11) is 1.93. The maximum absolute atomic E-state index is 12.7. The lowest BCUT2D eigenvalue weighted by Crippen LogP contribution is -2.34. The highest BCUT2D eigenvalue weighted by Crippen LogP contribution is 2.29. The maximum atomic E-state index is 12.7. The zero-order valence-electron chi connectivity index (χ0n) is 13.2. The summed E-state index contributed by atoms with van der Waals surface area (Å²) < 4.78 is 26.8. The normalized spacial score (nSPS) is 12.4. The highest BCUT2D eigenvalue weighted by atomic mass is 32.2. The monoisotopic (exact) mass is 299 g/mol. The summed E-state index contributed by atoms with van der Waals surface area (Å²) in [5, 5.41) is 0. The molecular formula is C14H25N3O2S. The first kappa shape index (κ1) is 16.9. The Morgan fingerprint density at radius 1 is 1.05 bits per heavy atom. The van der Waals surface area contributed by atoms with Crippen molar-refractivity contribution < 1.29 is 8.42 Å². The largest absolute Gasteiger partial charge is 0.398 e. The molecule has 0 heterocycles. The molecule has 1 rings (SSSR count). The lowest BCUT2D eigenvalue weighted by atomic mass is 10.1. The second-order valence-electron chi connectivity index (χ2n) is 5.51. The Morgan fingerprint density at radius 2 is 1.60 bits per heavy atom. The molecule has 5 nitrogen and oxygen atoms in total. The predicted molar refractivity (Wildman–Crippen MR) is 83.4 cm³/mol. The molecule has 0 aliphatic heterocycles. The van der Waals surface area contributed by atoms with Gasteiger partial charge in [-0.15, -0.1) is 0 Å². The molecule has 6 heteroatoms. The SMILES string of the molecule is Cc1cc(C)c(S(=O)(=O)N(C)CCN(C)C)c(C)c1N. The van der Waals surface area contributed by atoms with Gasteiger partial charge in [-0.2, -0.15) is 4.31 Å². The molecule has 1 aromatic carbocycles. The van der Waals surface area contributed by atoms with Crippen LogP contribution in [0.15, 0.2) is 11.0 Å². The molecule has 0 aromatic heterocycles. The fourth-order valence-corrected chi connectivity index (χ4v) is 3.79. The van der Waals surface area contributed by atoms with Crippen molar-refractivity contribution >= 4 is 15.7 Å². The Morgan fingerprint density at radius 3 is 2.10 bits per heavy atom. The van der Waals surface area contributed by atoms with E-state index in [-0.39, 0.29) is 0 Å². The zero-order valence-corrected chi connectivity index (χ0v) is 14.0. The Bertz CT molecular complexity index is 595. The van der Waals surface area contributed by atoms with E-state index in [1.54, 1.807) is 14.0 Å². The number of benzene rings is 1. The van der Waals surface area contributed by atoms with Crippen molar-refractivity contribution in [2.24, 2.45) is 0 Å². The van der Waals surface area contributed by atoms with Crippen molar-refractivity contribution in [2.75, 3.05) is 40.0 Å². The van der Waals surface area contributed by atoms with E-state index in [4.69, 9.17) is 5.73 Å². The molecule has 0 saturated carbocycles. The number of likely N-dealkylation sites (N-methyl/N-ethyl adjacent to an activating group) is 2. The van der Waals surface area contributed by atoms with E-state index in [0.717, 1.165) is 11.1 Å². The van der Waals surface area contributed by atoms with E-state index in [1.807, 2.05) is 38.9 Å². The van der Waals surface area contributed by atoms with Gasteiger partial charge in [0.25, 0.3) is 0 Å². The summed E-state index contributed by atoms with van der Waals surface area (Å²) in [5.41, 5.74) is 8.82. The van der Waals surface area contributed by atoms with Gasteiger partial charge >= 0.3 is 0 Å². The minimum atomic E-state index is -3.51. The van der Waals surface area contributed by atoms with Gasteiger partial charge in [-0.25, -0.2) is 8.42 Å². The van der Waals surface area contributed by atoms with E-state index in [1.165, 1.54) is 4.31 Å². The van der Waals surface area contributed by atoms with Crippen LogP contribution in [0.2, 0.25) is 0 Å². The van der Waals surface area contributed by atoms with Crippen molar-refractivity contribution in [3.05, 3.63) is 22.8 Å². The Kier molecular flexibility index (Phi) is 5.18. The highest BCUT2D eigenvalue weighted by molar-refractivity contribution is 7.89. The van der Waals surface area contributed by atoms with Crippen molar-refractivity contribution in [3.63, 3.8) is 0 Å². The van der Waals surface area contributed by atoms with E-state index < -0.39 is 10.0 Å². The molecule has 0 bridgehead atoms. The molecule has 114 valence electrons. The molecule has 0 aliphatic rings. The van der Waals surface area contributed by atoms with Crippen LogP contribution in [0.25, 0.3) is 0 Å². The van der Waals surface area contributed by atoms with Crippen LogP contribution < -0.4 is 5.73 Å². The molecule has 0 fully saturated rings. The molecule has 2 N–H and O–H groups in total. The molecule has 0 aliphatic carbocycles. The van der Waals surface area contributed by atoms with Gasteiger partial charge in [-0.3, -0.25) is 0 Å². The molecule has 1 aromatic rings. The number of sulfonamides is 1. The number of hydrogen-bond acceptors (Lipinski definition) is 4. The van der Waals surface area contributed by atoms with E-state index >= 15 is 0 Å². The van der Waals surface area contributed by atoms with Crippen LogP contribution in [-0.2, 0) is 10.0 Å². The number of nitrogen functional groups attached to an aromatic ring is 1. The minimum Gasteiger partial charge on any atom is -0.398 e. The second-order valence-corrected chi connectivity index (χ2v) is 7.49. The quantitative estimate of drug-likeness (QED) is 0.834. The third-order valence-electron chi connectivity index (χ3n) is 3.49. The van der Waals surface area contributed by atoms with Gasteiger partial charge in [-0.1, -0.05) is 6.07 Å². The van der Waals surface area contributed by atoms with Gasteiger partial charge in [0.2, 0.25) is 10.0 Å². The van der Waals surface area contributed by atoms with E-state index in [0.29, 0.717) is 29.2 Å². The summed E-state index contributed by atoms with van der Waals surface area (Å²) in [5.74, 6) is 0. The van der Waals surface area contributed by atoms with Gasteiger partial charge in [-0.05, 0) is 51.6 Å². The van der Waals surface area contributed by atoms with Gasteiger partial charge < -0.3 is 10.6 Å². The van der Waals surface area contributed by atoms with Crippen LogP contribution in [0.3, 0.4) is 0 Å². The Labute approximate surface area is 122 Å². The Hall–Kier alpha value is -1.11. The van der Waals surface area contributed by atoms with Crippen molar-refractivity contribution in [3.8, 4) is 0 Å². The van der Waals surface area contributed by atoms with Crippen molar-refractivity contribution in [2.45, 2.75) is 25.7 Å². The van der Waals surface area contributed by atoms with Crippen LogP contribution in [-0.4, -0.2) is 51.9 Å². The molecule has 0 atom stereocenters. The van der Waals surface area contributed by atoms with E-state index in [9.17, 15) is 8.42 Å². The highest BCUT2D eigenvalue weighted by Gasteiger charge is 2.26. The first-order chi connectivity index (χ1) is 9.09. The van der Waals surface area contributed by atoms with Crippen LogP contribution in [0, 0.1) is 20.8 Å². The summed E-state index contributed by atoms with van der Waals surface area (Å²) in [4.78, 5) is 2.29. The number of nitrogens with zero attached hydrogens (tertiary/aromatic N) is 2. The zero-order chi connectivity index (χ0) is 15.7. The standard InChI is InChI=1S/C14H25N3O2S/c1-10-9-11(2)14(12(3)13(10)15)20(18,19)17(6)8-7-16(4)5/h9H,7-8,15H2,1-6H3. The number of aryl methyl sites for hydroxylation is 2. The van der Waals surface area contributed by atoms with Gasteiger partial charge in [0.15, 0.2) is 0 Å². The third kappa shape index (κ3) is 3.31. The first-order valence-corrected chi connectivity index (χ1v) is 8.00. The number of anilines is 1. The van der Waals surface area contributed by atoms with Gasteiger partial charge in [0, 0.05) is 25.8 Å². The van der Waals surface area contributed by atoms with Crippen LogP contribution in [0.4, 0.5) is 5.69 Å². The van der Waals surface area contributed by atoms with Crippen molar-refractivity contribution in [1.82, 2.24) is 9.21 Å². The third-order valence-corrected chi connectivity index (χ3v) is 5.64. The predicted octanol–water partition coefficient (Wildman–Crippen LogP) is 1.38. The molecular weight excluding hydrogens is 274 g/mol. The fourth-order valence-electron chi connectivity index (χ4n) is 2.20. The molecule has 0 spiro atoms. The van der Waals surface area contributed by atoms with Crippen LogP contribution >= 0.6 is 0 Å². The number of hydrogen-bond donors (Lipinski definition) is 1. The average molecular weight is 299 g/mol. The topological polar surface area (TPSA) is 66.6 Å². The minimum absolute atomic E-state index is 0.335. The molecule has 0 saturated heterocycles. The number of rotatable bonds is 5. The lowest BCUT2D eigenvalue weighted by molar-refractivity contribution is 0.358. The summed E-state index contributed by atoms with van der Waals surface area (Å²) in [6, 6.07) is 1.83. The van der Waals surface area contributed by atoms with Crippen molar-refractivity contribution in [1.29, 1.82) is 0 Å². The average Bonchev–Trinajstić information content (AvgIpc) is 2.32. The van der Waals surface area contributed by atoms with Crippen LogP contribution in [0.5, 0.6) is 0 Å². The summed E-state index contributed by atoms with van der Waals surface area (Å²) in [6.07, 6.45) is 0. The molecule has 20 heavy (non-hydrogen) atoms. The molecule has 0 radical (unpaired) electrons. The Balaban J connectivity index is 3.26. The lowest BCUT2D eigenvalue weighted by Gasteiger charge is -2.22. The second kappa shape index (κ2) is 6.11. The maximum Gasteiger partial charge on any atom is 0.243 e. The van der Waals surface area contributed by atoms with Crippen LogP contribution in [0.1, 0.15) is 16.7 Å². The van der Waals surface area contributed by atoms with Gasteiger partial charge in [0.05, 0.1) is 4.90 Å². The van der Waals surface area contributed by atoms with E-state index in [2.05, 4.69) is 0 Å². The molecule has 0 unspecified atom stereocenters. The fraction of sp³-hybridized carbons (Fsp3) is 0.571. The smallest absolute Gasteiger partial charge is 0.243 e. The summed E-state index contributed by atoms with van der Waals surface area (Å²) >= 11 is 0.